The summed E-state index contributed by atoms with van der Waals surface area (Å²) >= 11 is 0. The molecule has 1 aromatic carbocycles. The number of hydrogen-bond acceptors (Lipinski definition) is 3. The fourth-order valence-corrected chi connectivity index (χ4v) is 2.83. The van der Waals surface area contributed by atoms with Crippen molar-refractivity contribution in [2.45, 2.75) is 39.7 Å². The number of nitrogens with zero attached hydrogens (tertiary/aromatic N) is 3. The van der Waals surface area contributed by atoms with Crippen LogP contribution in [0, 0.1) is 5.92 Å². The highest BCUT2D eigenvalue weighted by Gasteiger charge is 2.11. The van der Waals surface area contributed by atoms with Gasteiger partial charge in [0, 0.05) is 11.9 Å². The van der Waals surface area contributed by atoms with E-state index < -0.39 is 0 Å². The number of rotatable bonds is 5. The average molecular weight is 282 g/mol. The number of fused-ring (bicyclic) bond motifs is 3. The van der Waals surface area contributed by atoms with Crippen molar-refractivity contribution >= 4 is 27.9 Å². The van der Waals surface area contributed by atoms with Gasteiger partial charge in [0.2, 0.25) is 5.95 Å². The maximum absolute atomic E-state index is 6.11. The Balaban J connectivity index is 1.97. The van der Waals surface area contributed by atoms with Gasteiger partial charge in [0.15, 0.2) is 0 Å². The summed E-state index contributed by atoms with van der Waals surface area (Å²) < 4.78 is 2.14. The maximum atomic E-state index is 6.11. The second kappa shape index (κ2) is 5.72. The molecule has 0 radical (unpaired) electrons. The molecule has 0 spiro atoms. The number of nitrogens with two attached hydrogens (primary N) is 1. The number of anilines is 1. The fraction of sp³-hybridized carbons (Fsp3) is 0.412. The lowest BCUT2D eigenvalue weighted by Crippen LogP contribution is -2.04. The van der Waals surface area contributed by atoms with E-state index in [1.165, 1.54) is 12.8 Å². The van der Waals surface area contributed by atoms with Crippen LogP contribution in [-0.2, 0) is 6.54 Å². The van der Waals surface area contributed by atoms with E-state index in [1.54, 1.807) is 0 Å². The number of para-hydroxylation sites is 1. The number of unbranched alkanes of at least 4 members (excludes halogenated alkanes) is 1. The van der Waals surface area contributed by atoms with Crippen LogP contribution >= 0.6 is 0 Å². The largest absolute Gasteiger partial charge is 0.369 e. The van der Waals surface area contributed by atoms with E-state index >= 15 is 0 Å². The average Bonchev–Trinajstić information content (AvgIpc) is 2.79. The lowest BCUT2D eigenvalue weighted by molar-refractivity contribution is 0.514. The highest BCUT2D eigenvalue weighted by atomic mass is 15.2. The van der Waals surface area contributed by atoms with Crippen molar-refractivity contribution in [1.82, 2.24) is 14.5 Å². The van der Waals surface area contributed by atoms with Crippen molar-refractivity contribution in [2.24, 2.45) is 5.92 Å². The Morgan fingerprint density at radius 3 is 2.76 bits per heavy atom. The van der Waals surface area contributed by atoms with Gasteiger partial charge in [-0.3, -0.25) is 4.98 Å². The van der Waals surface area contributed by atoms with Crippen molar-refractivity contribution in [3.63, 3.8) is 0 Å². The zero-order chi connectivity index (χ0) is 14.8. The second-order valence-electron chi connectivity index (χ2n) is 6.02. The van der Waals surface area contributed by atoms with Gasteiger partial charge < -0.3 is 10.3 Å². The third kappa shape index (κ3) is 2.71. The Hall–Kier alpha value is -2.10. The molecule has 110 valence electrons. The molecule has 0 aliphatic heterocycles. The zero-order valence-corrected chi connectivity index (χ0v) is 12.7. The Morgan fingerprint density at radius 1 is 1.14 bits per heavy atom. The number of aryl methyl sites for hydroxylation is 1. The van der Waals surface area contributed by atoms with Gasteiger partial charge in [-0.15, -0.1) is 0 Å². The summed E-state index contributed by atoms with van der Waals surface area (Å²) in [5.74, 6) is 1.35. The Bertz CT molecular complexity index is 758. The molecule has 0 aliphatic rings. The molecule has 0 unspecified atom stereocenters. The van der Waals surface area contributed by atoms with E-state index in [-0.39, 0.29) is 0 Å². The smallest absolute Gasteiger partial charge is 0.201 e. The molecule has 0 fully saturated rings. The third-order valence-corrected chi connectivity index (χ3v) is 3.92. The van der Waals surface area contributed by atoms with Crippen molar-refractivity contribution in [3.8, 4) is 0 Å². The summed E-state index contributed by atoms with van der Waals surface area (Å²) in [5.41, 5.74) is 9.10. The predicted molar refractivity (Wildman–Crippen MR) is 88.1 cm³/mol. The number of hydrogen-bond donors (Lipinski definition) is 1. The van der Waals surface area contributed by atoms with E-state index in [1.807, 2.05) is 24.4 Å². The first-order valence-electron chi connectivity index (χ1n) is 7.66. The topological polar surface area (TPSA) is 56.7 Å². The van der Waals surface area contributed by atoms with Gasteiger partial charge in [0.1, 0.15) is 5.52 Å². The normalized spacial score (nSPS) is 11.8. The van der Waals surface area contributed by atoms with Crippen LogP contribution in [0.25, 0.3) is 21.9 Å². The first kappa shape index (κ1) is 13.9. The second-order valence-corrected chi connectivity index (χ2v) is 6.02. The molecule has 3 rings (SSSR count). The van der Waals surface area contributed by atoms with Crippen LogP contribution in [0.5, 0.6) is 0 Å². The predicted octanol–water partition coefficient (Wildman–Crippen LogP) is 3.99. The first-order chi connectivity index (χ1) is 10.2. The number of benzene rings is 1. The lowest BCUT2D eigenvalue weighted by atomic mass is 10.1. The van der Waals surface area contributed by atoms with Crippen LogP contribution in [-0.4, -0.2) is 14.5 Å². The van der Waals surface area contributed by atoms with Gasteiger partial charge >= 0.3 is 0 Å². The highest BCUT2D eigenvalue weighted by Crippen LogP contribution is 2.26. The number of nitrogen functional groups attached to an aromatic ring is 1. The molecule has 0 atom stereocenters. The molecular formula is C17H22N4. The lowest BCUT2D eigenvalue weighted by Gasteiger charge is -2.09. The van der Waals surface area contributed by atoms with E-state index in [2.05, 4.69) is 34.4 Å². The number of imidazole rings is 1. The molecule has 2 aromatic heterocycles. The first-order valence-corrected chi connectivity index (χ1v) is 7.66. The molecule has 3 aromatic rings. The minimum atomic E-state index is 0.590. The van der Waals surface area contributed by atoms with Crippen molar-refractivity contribution in [3.05, 3.63) is 30.5 Å². The van der Waals surface area contributed by atoms with Gasteiger partial charge in [-0.05, 0) is 18.4 Å². The molecule has 0 saturated heterocycles. The van der Waals surface area contributed by atoms with Crippen molar-refractivity contribution in [2.75, 3.05) is 5.73 Å². The summed E-state index contributed by atoms with van der Waals surface area (Å²) in [6.07, 6.45) is 5.43. The minimum Gasteiger partial charge on any atom is -0.369 e. The zero-order valence-electron chi connectivity index (χ0n) is 12.7. The van der Waals surface area contributed by atoms with E-state index in [9.17, 15) is 0 Å². The van der Waals surface area contributed by atoms with Crippen LogP contribution in [0.15, 0.2) is 30.5 Å². The summed E-state index contributed by atoms with van der Waals surface area (Å²) in [6.45, 7) is 5.45. The summed E-state index contributed by atoms with van der Waals surface area (Å²) in [5, 5.41) is 1.13. The number of pyridine rings is 1. The molecule has 2 heterocycles. The van der Waals surface area contributed by atoms with Gasteiger partial charge in [-0.1, -0.05) is 44.9 Å². The van der Waals surface area contributed by atoms with Crippen LogP contribution in [0.4, 0.5) is 5.95 Å². The van der Waals surface area contributed by atoms with Crippen molar-refractivity contribution in [1.29, 1.82) is 0 Å². The molecule has 0 aliphatic carbocycles. The number of aromatic nitrogens is 3. The fourth-order valence-electron chi connectivity index (χ4n) is 2.83. The minimum absolute atomic E-state index is 0.590. The molecule has 0 amide bonds. The standard InChI is InChI=1S/C17H22N4/c1-12(2)7-5-6-10-21-16-13-8-3-4-9-14(13)19-11-15(16)20-17(21)18/h3-4,8-9,11-12H,5-7,10H2,1-2H3,(H2,18,20). The Labute approximate surface area is 125 Å². The quantitative estimate of drug-likeness (QED) is 0.720. The van der Waals surface area contributed by atoms with E-state index in [0.717, 1.165) is 40.8 Å². The monoisotopic (exact) mass is 282 g/mol. The third-order valence-electron chi connectivity index (χ3n) is 3.92. The molecule has 4 heteroatoms. The SMILES string of the molecule is CC(C)CCCCn1c(N)nc2cnc3ccccc3c21. The van der Waals surface area contributed by atoms with E-state index in [0.29, 0.717) is 5.95 Å². The molecule has 21 heavy (non-hydrogen) atoms. The van der Waals surface area contributed by atoms with Crippen LogP contribution in [0.2, 0.25) is 0 Å². The molecule has 0 saturated carbocycles. The summed E-state index contributed by atoms with van der Waals surface area (Å²) in [7, 11) is 0. The summed E-state index contributed by atoms with van der Waals surface area (Å²) in [6, 6.07) is 8.17. The van der Waals surface area contributed by atoms with E-state index in [4.69, 9.17) is 5.73 Å². The van der Waals surface area contributed by atoms with Crippen LogP contribution in [0.3, 0.4) is 0 Å². The maximum Gasteiger partial charge on any atom is 0.201 e. The Kier molecular flexibility index (Phi) is 3.78. The highest BCUT2D eigenvalue weighted by molar-refractivity contribution is 6.02. The molecule has 0 bridgehead atoms. The molecule has 4 nitrogen and oxygen atoms in total. The van der Waals surface area contributed by atoms with Crippen molar-refractivity contribution < 1.29 is 0 Å². The molecular weight excluding hydrogens is 260 g/mol. The van der Waals surface area contributed by atoms with Crippen LogP contribution in [0.1, 0.15) is 33.1 Å². The summed E-state index contributed by atoms with van der Waals surface area (Å²) in [4.78, 5) is 8.91. The van der Waals surface area contributed by atoms with Gasteiger partial charge in [0.25, 0.3) is 0 Å². The Morgan fingerprint density at radius 2 is 1.95 bits per heavy atom. The van der Waals surface area contributed by atoms with Gasteiger partial charge in [-0.2, -0.15) is 0 Å². The van der Waals surface area contributed by atoms with Crippen LogP contribution < -0.4 is 5.73 Å². The van der Waals surface area contributed by atoms with Gasteiger partial charge in [0.05, 0.1) is 17.2 Å². The van der Waals surface area contributed by atoms with Gasteiger partial charge in [-0.25, -0.2) is 4.98 Å². The molecule has 2 N–H and O–H groups in total.